The lowest BCUT2D eigenvalue weighted by molar-refractivity contribution is -0.139. The number of esters is 1. The van der Waals surface area contributed by atoms with E-state index in [1.54, 1.807) is 0 Å². The number of hydrogen-bond donors (Lipinski definition) is 1. The first-order chi connectivity index (χ1) is 9.03. The summed E-state index contributed by atoms with van der Waals surface area (Å²) in [6.07, 6.45) is -0.138. The van der Waals surface area contributed by atoms with E-state index in [1.165, 1.54) is 19.2 Å². The van der Waals surface area contributed by atoms with E-state index in [4.69, 9.17) is 11.0 Å². The molecule has 1 aromatic rings. The van der Waals surface area contributed by atoms with Gasteiger partial charge in [0.25, 0.3) is 0 Å². The third-order valence-electron chi connectivity index (χ3n) is 2.45. The largest absolute Gasteiger partial charge is 0.469 e. The molecule has 2 N–H and O–H groups in total. The number of carbonyl (C=O) groups excluding carboxylic acids is 1. The van der Waals surface area contributed by atoms with Crippen LogP contribution < -0.4 is 10.5 Å². The van der Waals surface area contributed by atoms with Crippen LogP contribution in [0.4, 0.5) is 8.78 Å². The van der Waals surface area contributed by atoms with Crippen molar-refractivity contribution in [3.05, 3.63) is 28.8 Å². The van der Waals surface area contributed by atoms with Gasteiger partial charge >= 0.3 is 12.6 Å². The number of ether oxygens (including phenoxy) is 2. The van der Waals surface area contributed by atoms with Crippen molar-refractivity contribution >= 4 is 5.97 Å². The lowest BCUT2D eigenvalue weighted by atomic mass is 9.98. The molecule has 0 atom stereocenters. The highest BCUT2D eigenvalue weighted by Gasteiger charge is 2.17. The number of nitrogens with two attached hydrogens (primary N) is 1. The second-order valence-electron chi connectivity index (χ2n) is 3.52. The molecule has 0 aliphatic rings. The fraction of sp³-hybridized carbons (Fsp3) is 0.333. The smallest absolute Gasteiger partial charge is 0.387 e. The van der Waals surface area contributed by atoms with Crippen LogP contribution in [0.2, 0.25) is 0 Å². The maximum Gasteiger partial charge on any atom is 0.387 e. The minimum Gasteiger partial charge on any atom is -0.469 e. The number of benzene rings is 1. The Hall–Kier alpha value is -2.20. The molecule has 0 unspecified atom stereocenters. The fourth-order valence-corrected chi connectivity index (χ4v) is 1.60. The summed E-state index contributed by atoms with van der Waals surface area (Å²) < 4.78 is 33.2. The number of nitrogens with zero attached hydrogens (tertiary/aromatic N) is 1. The number of rotatable bonds is 5. The molecule has 102 valence electrons. The Kier molecular flexibility index (Phi) is 5.21. The first kappa shape index (κ1) is 14.9. The molecule has 0 heterocycles. The molecule has 0 fully saturated rings. The highest BCUT2D eigenvalue weighted by atomic mass is 19.3. The number of nitriles is 1. The van der Waals surface area contributed by atoms with E-state index < -0.39 is 12.6 Å². The van der Waals surface area contributed by atoms with Crippen LogP contribution in [-0.4, -0.2) is 19.7 Å². The topological polar surface area (TPSA) is 85.3 Å². The van der Waals surface area contributed by atoms with Crippen LogP contribution in [0.3, 0.4) is 0 Å². The van der Waals surface area contributed by atoms with E-state index in [-0.39, 0.29) is 29.8 Å². The van der Waals surface area contributed by atoms with E-state index in [2.05, 4.69) is 9.47 Å². The predicted molar refractivity (Wildman–Crippen MR) is 61.4 cm³/mol. The van der Waals surface area contributed by atoms with Gasteiger partial charge in [0.1, 0.15) is 5.75 Å². The van der Waals surface area contributed by atoms with E-state index in [0.717, 1.165) is 0 Å². The minimum atomic E-state index is -3.01. The molecule has 0 spiro atoms. The number of hydrogen-bond acceptors (Lipinski definition) is 5. The normalized spacial score (nSPS) is 10.1. The molecule has 5 nitrogen and oxygen atoms in total. The Morgan fingerprint density at radius 3 is 2.68 bits per heavy atom. The van der Waals surface area contributed by atoms with Crippen molar-refractivity contribution in [2.24, 2.45) is 5.73 Å². The van der Waals surface area contributed by atoms with Crippen molar-refractivity contribution in [2.45, 2.75) is 19.6 Å². The molecule has 0 radical (unpaired) electrons. The van der Waals surface area contributed by atoms with Crippen LogP contribution in [0.5, 0.6) is 5.75 Å². The summed E-state index contributed by atoms with van der Waals surface area (Å²) in [5, 5.41) is 9.07. The SMILES string of the molecule is COC(=O)Cc1ccc(OC(F)F)c(CN)c1C#N. The van der Waals surface area contributed by atoms with Crippen LogP contribution in [0.15, 0.2) is 12.1 Å². The molecule has 0 aliphatic heterocycles. The molecule has 0 aliphatic carbocycles. The molecule has 0 amide bonds. The van der Waals surface area contributed by atoms with Gasteiger partial charge in [-0.25, -0.2) is 0 Å². The predicted octanol–water partition coefficient (Wildman–Crippen LogP) is 1.33. The van der Waals surface area contributed by atoms with Crippen LogP contribution in [0, 0.1) is 11.3 Å². The third-order valence-corrected chi connectivity index (χ3v) is 2.45. The zero-order chi connectivity index (χ0) is 14.4. The Morgan fingerprint density at radius 2 is 2.21 bits per heavy atom. The van der Waals surface area contributed by atoms with Crippen molar-refractivity contribution in [1.82, 2.24) is 0 Å². The fourth-order valence-electron chi connectivity index (χ4n) is 1.60. The van der Waals surface area contributed by atoms with Crippen LogP contribution in [-0.2, 0) is 22.5 Å². The zero-order valence-corrected chi connectivity index (χ0v) is 10.2. The first-order valence-electron chi connectivity index (χ1n) is 5.30. The van der Waals surface area contributed by atoms with E-state index in [9.17, 15) is 13.6 Å². The summed E-state index contributed by atoms with van der Waals surface area (Å²) in [5.41, 5.74) is 6.00. The number of carbonyl (C=O) groups is 1. The Balaban J connectivity index is 3.23. The number of halogens is 2. The van der Waals surface area contributed by atoms with Crippen LogP contribution >= 0.6 is 0 Å². The molecule has 7 heteroatoms. The van der Waals surface area contributed by atoms with Gasteiger partial charge < -0.3 is 15.2 Å². The van der Waals surface area contributed by atoms with Gasteiger partial charge in [-0.2, -0.15) is 14.0 Å². The Labute approximate surface area is 108 Å². The maximum atomic E-state index is 12.2. The van der Waals surface area contributed by atoms with Gasteiger partial charge in [0, 0.05) is 12.1 Å². The highest BCUT2D eigenvalue weighted by molar-refractivity contribution is 5.74. The lowest BCUT2D eigenvalue weighted by Gasteiger charge is -2.13. The lowest BCUT2D eigenvalue weighted by Crippen LogP contribution is -2.12. The number of methoxy groups -OCH3 is 1. The van der Waals surface area contributed by atoms with Gasteiger partial charge in [-0.15, -0.1) is 0 Å². The summed E-state index contributed by atoms with van der Waals surface area (Å²) in [5.74, 6) is -0.704. The van der Waals surface area contributed by atoms with Crippen molar-refractivity contribution in [2.75, 3.05) is 7.11 Å². The summed E-state index contributed by atoms with van der Waals surface area (Å²) in [4.78, 5) is 11.2. The molecule has 0 saturated carbocycles. The third kappa shape index (κ3) is 3.63. The average molecular weight is 270 g/mol. The van der Waals surface area contributed by atoms with Gasteiger partial charge in [-0.3, -0.25) is 4.79 Å². The second kappa shape index (κ2) is 6.66. The van der Waals surface area contributed by atoms with Gasteiger partial charge in [0.2, 0.25) is 0 Å². The standard InChI is InChI=1S/C12H12F2N2O3/c1-18-11(17)4-7-2-3-10(19-12(13)14)9(6-16)8(7)5-15/h2-3,12H,4,6,16H2,1H3. The van der Waals surface area contributed by atoms with Crippen LogP contribution in [0.25, 0.3) is 0 Å². The summed E-state index contributed by atoms with van der Waals surface area (Å²) in [6.45, 7) is -3.16. The van der Waals surface area contributed by atoms with E-state index >= 15 is 0 Å². The molecule has 1 rings (SSSR count). The van der Waals surface area contributed by atoms with Crippen molar-refractivity contribution in [3.63, 3.8) is 0 Å². The maximum absolute atomic E-state index is 12.2. The molecule has 0 saturated heterocycles. The zero-order valence-electron chi connectivity index (χ0n) is 10.2. The van der Waals surface area contributed by atoms with Gasteiger partial charge in [-0.05, 0) is 11.6 Å². The molecule has 1 aromatic carbocycles. The van der Waals surface area contributed by atoms with Crippen molar-refractivity contribution < 1.29 is 23.0 Å². The van der Waals surface area contributed by atoms with E-state index in [0.29, 0.717) is 5.56 Å². The number of alkyl halides is 2. The van der Waals surface area contributed by atoms with Crippen LogP contribution in [0.1, 0.15) is 16.7 Å². The monoisotopic (exact) mass is 270 g/mol. The molecule has 0 bridgehead atoms. The highest BCUT2D eigenvalue weighted by Crippen LogP contribution is 2.27. The Morgan fingerprint density at radius 1 is 1.53 bits per heavy atom. The van der Waals surface area contributed by atoms with Crippen molar-refractivity contribution in [1.29, 1.82) is 5.26 Å². The molecular formula is C12H12F2N2O3. The molecule has 19 heavy (non-hydrogen) atoms. The first-order valence-corrected chi connectivity index (χ1v) is 5.30. The molecule has 0 aromatic heterocycles. The minimum absolute atomic E-state index is 0.0612. The van der Waals surface area contributed by atoms with Gasteiger partial charge in [0.15, 0.2) is 0 Å². The van der Waals surface area contributed by atoms with Gasteiger partial charge in [0.05, 0.1) is 25.2 Å². The van der Waals surface area contributed by atoms with E-state index in [1.807, 2.05) is 6.07 Å². The summed E-state index contributed by atoms with van der Waals surface area (Å²) >= 11 is 0. The quantitative estimate of drug-likeness (QED) is 0.816. The summed E-state index contributed by atoms with van der Waals surface area (Å²) in [7, 11) is 1.21. The Bertz CT molecular complexity index is 512. The second-order valence-corrected chi connectivity index (χ2v) is 3.52. The average Bonchev–Trinajstić information content (AvgIpc) is 2.38. The van der Waals surface area contributed by atoms with Crippen molar-refractivity contribution in [3.8, 4) is 11.8 Å². The summed E-state index contributed by atoms with van der Waals surface area (Å²) in [6, 6.07) is 4.47. The van der Waals surface area contributed by atoms with Gasteiger partial charge in [-0.1, -0.05) is 6.07 Å². The molecular weight excluding hydrogens is 258 g/mol.